The average molecular weight is 404 g/mol. The van der Waals surface area contributed by atoms with Crippen LogP contribution < -0.4 is 5.32 Å². The van der Waals surface area contributed by atoms with Crippen LogP contribution in [0.4, 0.5) is 0 Å². The summed E-state index contributed by atoms with van der Waals surface area (Å²) in [6.45, 7) is 7.77. The first-order valence-corrected chi connectivity index (χ1v) is 8.76. The van der Waals surface area contributed by atoms with Gasteiger partial charge in [0.1, 0.15) is 0 Å². The van der Waals surface area contributed by atoms with Gasteiger partial charge in [0.05, 0.1) is 0 Å². The Kier molecular flexibility index (Phi) is 5.37. The van der Waals surface area contributed by atoms with Crippen LogP contribution in [-0.4, -0.2) is 17.0 Å². The van der Waals surface area contributed by atoms with E-state index < -0.39 is 17.4 Å². The lowest BCUT2D eigenvalue weighted by atomic mass is 9.86. The van der Waals surface area contributed by atoms with Gasteiger partial charge in [0, 0.05) is 10.0 Å². The molecule has 2 N–H and O–H groups in total. The van der Waals surface area contributed by atoms with E-state index in [4.69, 9.17) is 0 Å². The third-order valence-electron chi connectivity index (χ3n) is 4.23. The zero-order chi connectivity index (χ0) is 18.8. The zero-order valence-electron chi connectivity index (χ0n) is 14.8. The lowest BCUT2D eigenvalue weighted by Gasteiger charge is -2.27. The number of rotatable bonds is 4. The highest BCUT2D eigenvalue weighted by Gasteiger charge is 2.37. The van der Waals surface area contributed by atoms with E-state index in [0.717, 1.165) is 10.0 Å². The van der Waals surface area contributed by atoms with Gasteiger partial charge in [-0.3, -0.25) is 4.79 Å². The molecule has 132 valence electrons. The maximum absolute atomic E-state index is 12.6. The van der Waals surface area contributed by atoms with Crippen molar-refractivity contribution in [2.24, 2.45) is 0 Å². The zero-order valence-corrected chi connectivity index (χ0v) is 16.3. The highest BCUT2D eigenvalue weighted by atomic mass is 79.9. The van der Waals surface area contributed by atoms with Crippen LogP contribution in [0.5, 0.6) is 0 Å². The van der Waals surface area contributed by atoms with Crippen LogP contribution in [0.15, 0.2) is 53.0 Å². The summed E-state index contributed by atoms with van der Waals surface area (Å²) in [5, 5.41) is 12.3. The third-order valence-corrected chi connectivity index (χ3v) is 4.75. The van der Waals surface area contributed by atoms with Gasteiger partial charge in [-0.15, -0.1) is 0 Å². The molecule has 0 aliphatic carbocycles. The van der Waals surface area contributed by atoms with Gasteiger partial charge in [-0.2, -0.15) is 0 Å². The molecule has 1 unspecified atom stereocenters. The van der Waals surface area contributed by atoms with E-state index in [1.807, 2.05) is 12.1 Å². The molecule has 0 saturated carbocycles. The van der Waals surface area contributed by atoms with Crippen LogP contribution in [0, 0.1) is 0 Å². The van der Waals surface area contributed by atoms with E-state index >= 15 is 0 Å². The predicted molar refractivity (Wildman–Crippen MR) is 102 cm³/mol. The average Bonchev–Trinajstić information content (AvgIpc) is 2.54. The lowest BCUT2D eigenvalue weighted by molar-refractivity contribution is -0.144. The monoisotopic (exact) mass is 403 g/mol. The van der Waals surface area contributed by atoms with Crippen molar-refractivity contribution < 1.29 is 14.7 Å². The molecule has 4 nitrogen and oxygen atoms in total. The first-order valence-electron chi connectivity index (χ1n) is 7.96. The van der Waals surface area contributed by atoms with Gasteiger partial charge < -0.3 is 10.4 Å². The van der Waals surface area contributed by atoms with Gasteiger partial charge in [-0.1, -0.05) is 61.0 Å². The van der Waals surface area contributed by atoms with Gasteiger partial charge in [0.2, 0.25) is 0 Å². The molecule has 0 radical (unpaired) electrons. The van der Waals surface area contributed by atoms with Gasteiger partial charge in [-0.05, 0) is 47.7 Å². The number of amides is 1. The first kappa shape index (κ1) is 19.2. The number of carbonyl (C=O) groups excluding carboxylic acids is 1. The van der Waals surface area contributed by atoms with Gasteiger partial charge in [-0.25, -0.2) is 4.79 Å². The minimum Gasteiger partial charge on any atom is -0.479 e. The Morgan fingerprint density at radius 1 is 0.880 bits per heavy atom. The van der Waals surface area contributed by atoms with E-state index in [9.17, 15) is 14.7 Å². The molecule has 2 aromatic carbocycles. The number of carbonyl (C=O) groups is 2. The van der Waals surface area contributed by atoms with E-state index in [0.29, 0.717) is 11.1 Å². The summed E-state index contributed by atoms with van der Waals surface area (Å²) in [5.74, 6) is -1.54. The van der Waals surface area contributed by atoms with E-state index in [-0.39, 0.29) is 5.41 Å². The van der Waals surface area contributed by atoms with Crippen LogP contribution >= 0.6 is 15.9 Å². The Bertz CT molecular complexity index is 776. The first-order chi connectivity index (χ1) is 11.5. The molecule has 0 aliphatic heterocycles. The second-order valence-corrected chi connectivity index (χ2v) is 8.13. The summed E-state index contributed by atoms with van der Waals surface area (Å²) in [6, 6.07) is 14.1. The van der Waals surface area contributed by atoms with Crippen LogP contribution in [0.1, 0.15) is 49.2 Å². The standard InChI is InChI=1S/C20H22BrNO3/c1-19(2,3)14-7-5-13(6-8-14)17(23)22-20(4,18(24)25)15-9-11-16(21)12-10-15/h5-12H,1-4H3,(H,22,23)(H,24,25). The number of hydrogen-bond donors (Lipinski definition) is 2. The Balaban J connectivity index is 2.29. The van der Waals surface area contributed by atoms with Gasteiger partial charge in [0.15, 0.2) is 5.54 Å². The molecule has 0 saturated heterocycles. The number of nitrogens with one attached hydrogen (secondary N) is 1. The number of carboxylic acids is 1. The smallest absolute Gasteiger partial charge is 0.333 e. The normalized spacial score (nSPS) is 13.8. The number of halogens is 1. The van der Waals surface area contributed by atoms with Crippen molar-refractivity contribution in [3.05, 3.63) is 69.7 Å². The fourth-order valence-corrected chi connectivity index (χ4v) is 2.72. The Morgan fingerprint density at radius 2 is 1.36 bits per heavy atom. The van der Waals surface area contributed by atoms with Crippen molar-refractivity contribution in [1.82, 2.24) is 5.32 Å². The SMILES string of the molecule is CC(C)(C)c1ccc(C(=O)NC(C)(C(=O)O)c2ccc(Br)cc2)cc1. The van der Waals surface area contributed by atoms with E-state index in [1.165, 1.54) is 6.92 Å². The number of aliphatic carboxylic acids is 1. The molecule has 0 spiro atoms. The fraction of sp³-hybridized carbons (Fsp3) is 0.300. The van der Waals surface area contributed by atoms with Crippen LogP contribution in [-0.2, 0) is 15.7 Å². The molecule has 1 amide bonds. The van der Waals surface area contributed by atoms with Crippen molar-refractivity contribution in [2.45, 2.75) is 38.6 Å². The molecule has 0 bridgehead atoms. The number of benzene rings is 2. The van der Waals surface area contributed by atoms with Gasteiger partial charge in [0.25, 0.3) is 5.91 Å². The summed E-state index contributed by atoms with van der Waals surface area (Å²) in [5.41, 5.74) is 0.515. The summed E-state index contributed by atoms with van der Waals surface area (Å²) in [6.07, 6.45) is 0. The Morgan fingerprint density at radius 3 is 1.80 bits per heavy atom. The highest BCUT2D eigenvalue weighted by Crippen LogP contribution is 2.25. The van der Waals surface area contributed by atoms with Gasteiger partial charge >= 0.3 is 5.97 Å². The molecule has 2 aromatic rings. The molecule has 1 atom stereocenters. The van der Waals surface area contributed by atoms with Crippen molar-refractivity contribution in [1.29, 1.82) is 0 Å². The van der Waals surface area contributed by atoms with E-state index in [1.54, 1.807) is 36.4 Å². The van der Waals surface area contributed by atoms with Crippen molar-refractivity contribution in [3.63, 3.8) is 0 Å². The van der Waals surface area contributed by atoms with Crippen LogP contribution in [0.25, 0.3) is 0 Å². The van der Waals surface area contributed by atoms with Crippen LogP contribution in [0.3, 0.4) is 0 Å². The van der Waals surface area contributed by atoms with Crippen molar-refractivity contribution in [2.75, 3.05) is 0 Å². The molecular weight excluding hydrogens is 382 g/mol. The summed E-state index contributed by atoms with van der Waals surface area (Å²) in [4.78, 5) is 24.4. The number of carboxylic acid groups (broad SMARTS) is 1. The minimum absolute atomic E-state index is 0.0119. The molecule has 0 heterocycles. The second-order valence-electron chi connectivity index (χ2n) is 7.22. The third kappa shape index (κ3) is 4.28. The molecular formula is C20H22BrNO3. The Hall–Kier alpha value is -2.14. The summed E-state index contributed by atoms with van der Waals surface area (Å²) < 4.78 is 0.841. The Labute approximate surface area is 156 Å². The molecule has 0 fully saturated rings. The topological polar surface area (TPSA) is 66.4 Å². The minimum atomic E-state index is -1.51. The lowest BCUT2D eigenvalue weighted by Crippen LogP contribution is -2.49. The van der Waals surface area contributed by atoms with Crippen molar-refractivity contribution >= 4 is 27.8 Å². The van der Waals surface area contributed by atoms with E-state index in [2.05, 4.69) is 42.0 Å². The fourth-order valence-electron chi connectivity index (χ4n) is 2.45. The second kappa shape index (κ2) is 7.00. The maximum atomic E-state index is 12.6. The molecule has 0 aliphatic rings. The number of hydrogen-bond acceptors (Lipinski definition) is 2. The van der Waals surface area contributed by atoms with Crippen LogP contribution in [0.2, 0.25) is 0 Å². The quantitative estimate of drug-likeness (QED) is 0.790. The summed E-state index contributed by atoms with van der Waals surface area (Å²) in [7, 11) is 0. The molecule has 0 aromatic heterocycles. The largest absolute Gasteiger partial charge is 0.479 e. The van der Waals surface area contributed by atoms with Crippen molar-refractivity contribution in [3.8, 4) is 0 Å². The maximum Gasteiger partial charge on any atom is 0.333 e. The predicted octanol–water partition coefficient (Wildman–Crippen LogP) is 4.48. The molecule has 25 heavy (non-hydrogen) atoms. The molecule has 2 rings (SSSR count). The highest BCUT2D eigenvalue weighted by molar-refractivity contribution is 9.10. The summed E-state index contributed by atoms with van der Waals surface area (Å²) >= 11 is 3.32. The molecule has 5 heteroatoms.